The fourth-order valence-electron chi connectivity index (χ4n) is 2.62. The van der Waals surface area contributed by atoms with E-state index >= 15 is 0 Å². The topological polar surface area (TPSA) is 91.1 Å². The van der Waals surface area contributed by atoms with Gasteiger partial charge in [-0.15, -0.1) is 0 Å². The average Bonchev–Trinajstić information content (AvgIpc) is 3.22. The van der Waals surface area contributed by atoms with Crippen molar-refractivity contribution >= 4 is 23.8 Å². The molecule has 1 aliphatic heterocycles. The second kappa shape index (κ2) is 7.22. The third-order valence-electron chi connectivity index (χ3n) is 4.04. The summed E-state index contributed by atoms with van der Waals surface area (Å²) in [6.45, 7) is -0.0393. The van der Waals surface area contributed by atoms with E-state index in [4.69, 9.17) is 4.42 Å². The van der Waals surface area contributed by atoms with Crippen molar-refractivity contribution in [1.82, 2.24) is 14.7 Å². The van der Waals surface area contributed by atoms with Gasteiger partial charge in [0.1, 0.15) is 12.3 Å². The van der Waals surface area contributed by atoms with E-state index in [1.165, 1.54) is 18.2 Å². The maximum Gasteiger partial charge on any atom is 0.334 e. The van der Waals surface area contributed by atoms with Crippen LogP contribution in [0, 0.1) is 0 Å². The minimum absolute atomic E-state index is 0.181. The molecule has 1 saturated heterocycles. The number of furan rings is 1. The predicted octanol–water partition coefficient (Wildman–Crippen LogP) is 1.23. The molecule has 8 nitrogen and oxygen atoms in total. The molecule has 0 spiro atoms. The van der Waals surface area contributed by atoms with Crippen LogP contribution in [0.15, 0.2) is 53.1 Å². The lowest BCUT2D eigenvalue weighted by molar-refractivity contribution is -0.144. The Labute approximate surface area is 149 Å². The van der Waals surface area contributed by atoms with Gasteiger partial charge in [-0.2, -0.15) is 0 Å². The minimum Gasteiger partial charge on any atom is -0.467 e. The van der Waals surface area contributed by atoms with E-state index in [2.05, 4.69) is 0 Å². The molecule has 0 unspecified atom stereocenters. The fraction of sp³-hybridized carbons (Fsp3) is 0.222. The van der Waals surface area contributed by atoms with E-state index in [1.54, 1.807) is 12.1 Å². The second-order valence-corrected chi connectivity index (χ2v) is 5.85. The van der Waals surface area contributed by atoms with Crippen LogP contribution < -0.4 is 0 Å². The van der Waals surface area contributed by atoms with Gasteiger partial charge in [-0.05, 0) is 17.7 Å². The van der Waals surface area contributed by atoms with Crippen LogP contribution in [0.5, 0.6) is 0 Å². The molecule has 0 bridgehead atoms. The first-order valence-electron chi connectivity index (χ1n) is 7.95. The van der Waals surface area contributed by atoms with Crippen LogP contribution in [0.2, 0.25) is 0 Å². The molecule has 1 aromatic heterocycles. The Balaban J connectivity index is 1.77. The highest BCUT2D eigenvalue weighted by atomic mass is 16.3. The van der Waals surface area contributed by atoms with Crippen molar-refractivity contribution < 1.29 is 23.6 Å². The lowest BCUT2D eigenvalue weighted by Crippen LogP contribution is -2.42. The Morgan fingerprint density at radius 1 is 1.00 bits per heavy atom. The number of hydrogen-bond acceptors (Lipinski definition) is 5. The predicted molar refractivity (Wildman–Crippen MR) is 89.3 cm³/mol. The molecule has 0 N–H and O–H groups in total. The van der Waals surface area contributed by atoms with Gasteiger partial charge in [0.05, 0.1) is 12.8 Å². The third kappa shape index (κ3) is 3.49. The monoisotopic (exact) mass is 355 g/mol. The molecule has 1 fully saturated rings. The number of likely N-dealkylation sites (N-methyl/N-ethyl adjacent to an activating group) is 1. The zero-order valence-corrected chi connectivity index (χ0v) is 14.1. The van der Waals surface area contributed by atoms with E-state index in [0.717, 1.165) is 5.56 Å². The zero-order chi connectivity index (χ0) is 18.7. The summed E-state index contributed by atoms with van der Waals surface area (Å²) in [5.74, 6) is -1.83. The number of benzene rings is 1. The van der Waals surface area contributed by atoms with Crippen molar-refractivity contribution in [2.45, 2.75) is 13.1 Å². The van der Waals surface area contributed by atoms with E-state index in [1.807, 2.05) is 30.3 Å². The Morgan fingerprint density at radius 2 is 1.73 bits per heavy atom. The highest BCUT2D eigenvalue weighted by Gasteiger charge is 2.43. The summed E-state index contributed by atoms with van der Waals surface area (Å²) in [5.41, 5.74) is 0.889. The molecule has 5 amide bonds. The molecule has 8 heteroatoms. The standard InChI is InChI=1S/C18H17N3O5/c1-19-16(23)17(24)21(18(19)25)12-15(22)20(11-14-8-5-9-26-14)10-13-6-3-2-4-7-13/h2-9H,10-12H2,1H3. The van der Waals surface area contributed by atoms with Gasteiger partial charge < -0.3 is 9.32 Å². The van der Waals surface area contributed by atoms with Gasteiger partial charge >= 0.3 is 17.8 Å². The smallest absolute Gasteiger partial charge is 0.334 e. The van der Waals surface area contributed by atoms with Gasteiger partial charge in [0.2, 0.25) is 5.91 Å². The van der Waals surface area contributed by atoms with Gasteiger partial charge in [-0.25, -0.2) is 9.69 Å². The van der Waals surface area contributed by atoms with Crippen molar-refractivity contribution in [2.24, 2.45) is 0 Å². The molecular formula is C18H17N3O5. The Bertz CT molecular complexity index is 832. The molecule has 0 aliphatic carbocycles. The molecule has 2 aromatic rings. The number of carbonyl (C=O) groups is 4. The molecule has 0 radical (unpaired) electrons. The van der Waals surface area contributed by atoms with E-state index in [9.17, 15) is 19.2 Å². The van der Waals surface area contributed by atoms with Crippen molar-refractivity contribution in [1.29, 1.82) is 0 Å². The highest BCUT2D eigenvalue weighted by molar-refractivity contribution is 6.44. The van der Waals surface area contributed by atoms with Crippen LogP contribution in [0.1, 0.15) is 11.3 Å². The van der Waals surface area contributed by atoms with Crippen LogP contribution in [0.25, 0.3) is 0 Å². The SMILES string of the molecule is CN1C(=O)C(=O)N(CC(=O)N(Cc2ccccc2)Cc2ccco2)C1=O. The number of hydrogen-bond donors (Lipinski definition) is 0. The van der Waals surface area contributed by atoms with E-state index < -0.39 is 30.3 Å². The number of urea groups is 1. The van der Waals surface area contributed by atoms with Crippen molar-refractivity contribution in [2.75, 3.05) is 13.6 Å². The lowest BCUT2D eigenvalue weighted by atomic mass is 10.2. The first-order chi connectivity index (χ1) is 12.5. The number of imide groups is 2. The van der Waals surface area contributed by atoms with E-state index in [0.29, 0.717) is 15.6 Å². The lowest BCUT2D eigenvalue weighted by Gasteiger charge is -2.24. The normalized spacial score (nSPS) is 14.3. The van der Waals surface area contributed by atoms with Crippen molar-refractivity contribution in [3.63, 3.8) is 0 Å². The van der Waals surface area contributed by atoms with Crippen LogP contribution in [0.4, 0.5) is 4.79 Å². The first-order valence-corrected chi connectivity index (χ1v) is 7.95. The van der Waals surface area contributed by atoms with E-state index in [-0.39, 0.29) is 13.1 Å². The second-order valence-electron chi connectivity index (χ2n) is 5.85. The molecule has 1 aromatic carbocycles. The number of carbonyl (C=O) groups excluding carboxylic acids is 4. The number of amides is 5. The van der Waals surface area contributed by atoms with Crippen molar-refractivity contribution in [3.8, 4) is 0 Å². The maximum atomic E-state index is 12.7. The molecule has 0 atom stereocenters. The largest absolute Gasteiger partial charge is 0.467 e. The first kappa shape index (κ1) is 17.4. The fourth-order valence-corrected chi connectivity index (χ4v) is 2.62. The summed E-state index contributed by atoms with van der Waals surface area (Å²) < 4.78 is 5.29. The summed E-state index contributed by atoms with van der Waals surface area (Å²) in [5, 5.41) is 0. The number of rotatable bonds is 6. The van der Waals surface area contributed by atoms with Gasteiger partial charge in [-0.1, -0.05) is 30.3 Å². The van der Waals surface area contributed by atoms with Crippen LogP contribution in [-0.2, 0) is 27.5 Å². The molecule has 26 heavy (non-hydrogen) atoms. The quantitative estimate of drug-likeness (QED) is 0.574. The van der Waals surface area contributed by atoms with Gasteiger partial charge in [-0.3, -0.25) is 19.3 Å². The highest BCUT2D eigenvalue weighted by Crippen LogP contribution is 2.14. The molecule has 1 aliphatic rings. The van der Waals surface area contributed by atoms with Gasteiger partial charge in [0.25, 0.3) is 0 Å². The maximum absolute atomic E-state index is 12.7. The zero-order valence-electron chi connectivity index (χ0n) is 14.1. The summed E-state index contributed by atoms with van der Waals surface area (Å²) in [7, 11) is 1.21. The molecule has 2 heterocycles. The number of nitrogens with zero attached hydrogens (tertiary/aromatic N) is 3. The molecule has 0 saturated carbocycles. The molecule has 134 valence electrons. The minimum atomic E-state index is -0.997. The summed E-state index contributed by atoms with van der Waals surface area (Å²) in [6, 6.07) is 11.9. The summed E-state index contributed by atoms with van der Waals surface area (Å²) >= 11 is 0. The summed E-state index contributed by atoms with van der Waals surface area (Å²) in [4.78, 5) is 51.0. The Morgan fingerprint density at radius 3 is 2.31 bits per heavy atom. The Hall–Kier alpha value is -3.42. The van der Waals surface area contributed by atoms with Gasteiger partial charge in [0, 0.05) is 13.6 Å². The van der Waals surface area contributed by atoms with Crippen molar-refractivity contribution in [3.05, 3.63) is 60.1 Å². The summed E-state index contributed by atoms with van der Waals surface area (Å²) in [6.07, 6.45) is 1.50. The van der Waals surface area contributed by atoms with Crippen LogP contribution in [-0.4, -0.2) is 52.0 Å². The van der Waals surface area contributed by atoms with Crippen LogP contribution >= 0.6 is 0 Å². The third-order valence-corrected chi connectivity index (χ3v) is 4.04. The molecular weight excluding hydrogens is 338 g/mol. The van der Waals surface area contributed by atoms with Crippen LogP contribution in [0.3, 0.4) is 0 Å². The van der Waals surface area contributed by atoms with Gasteiger partial charge in [0.15, 0.2) is 0 Å². The molecule has 3 rings (SSSR count). The Kier molecular flexibility index (Phi) is 4.83. The average molecular weight is 355 g/mol.